The molecule has 0 radical (unpaired) electrons. The number of halogens is 4. The molecular weight excluding hydrogens is 231 g/mol. The predicted octanol–water partition coefficient (Wildman–Crippen LogP) is 3.45. The van der Waals surface area contributed by atoms with E-state index in [4.69, 9.17) is 17.3 Å². The van der Waals surface area contributed by atoms with Crippen LogP contribution in [0.3, 0.4) is 0 Å². The fraction of sp³-hybridized carbons (Fsp3) is 0.333. The van der Waals surface area contributed by atoms with Crippen LogP contribution in [0.4, 0.5) is 8.78 Å². The van der Waals surface area contributed by atoms with E-state index in [0.717, 1.165) is 12.1 Å². The average Bonchev–Trinajstić information content (AvgIpc) is 2.02. The van der Waals surface area contributed by atoms with Crippen LogP contribution in [0.25, 0.3) is 0 Å². The van der Waals surface area contributed by atoms with Crippen LogP contribution in [-0.4, -0.2) is 0 Å². The van der Waals surface area contributed by atoms with Gasteiger partial charge in [-0.3, -0.25) is 0 Å². The second-order valence-electron chi connectivity index (χ2n) is 2.80. The molecule has 5 heteroatoms. The quantitative estimate of drug-likeness (QED) is 0.844. The van der Waals surface area contributed by atoms with Gasteiger partial charge in [0.1, 0.15) is 11.6 Å². The zero-order chi connectivity index (χ0) is 10.0. The highest BCUT2D eigenvalue weighted by Gasteiger charge is 2.15. The van der Waals surface area contributed by atoms with Crippen molar-refractivity contribution in [1.29, 1.82) is 0 Å². The van der Waals surface area contributed by atoms with E-state index in [1.54, 1.807) is 6.92 Å². The first kappa shape index (κ1) is 13.6. The Kier molecular flexibility index (Phi) is 5.34. The summed E-state index contributed by atoms with van der Waals surface area (Å²) in [7, 11) is 0. The molecule has 0 amide bonds. The molecule has 0 unspecified atom stereocenters. The lowest BCUT2D eigenvalue weighted by Gasteiger charge is -2.11. The normalized spacial score (nSPS) is 12.1. The van der Waals surface area contributed by atoms with Gasteiger partial charge in [0.25, 0.3) is 0 Å². The molecule has 1 nitrogen and oxygen atoms in total. The first-order chi connectivity index (χ1) is 6.06. The Labute approximate surface area is 92.7 Å². The Morgan fingerprint density at radius 1 is 1.36 bits per heavy atom. The minimum Gasteiger partial charge on any atom is -0.324 e. The molecule has 80 valence electrons. The topological polar surface area (TPSA) is 26.0 Å². The fourth-order valence-corrected chi connectivity index (χ4v) is 1.30. The van der Waals surface area contributed by atoms with Crippen molar-refractivity contribution >= 4 is 24.0 Å². The summed E-state index contributed by atoms with van der Waals surface area (Å²) >= 11 is 5.45. The van der Waals surface area contributed by atoms with Gasteiger partial charge >= 0.3 is 0 Å². The third-order valence-corrected chi connectivity index (χ3v) is 2.07. The Hall–Kier alpha value is -0.380. The summed E-state index contributed by atoms with van der Waals surface area (Å²) in [4.78, 5) is 0. The molecular formula is C9H11Cl2F2N. The largest absolute Gasteiger partial charge is 0.324 e. The molecule has 1 rings (SSSR count). The molecule has 0 saturated carbocycles. The van der Waals surface area contributed by atoms with Gasteiger partial charge in [-0.05, 0) is 18.6 Å². The second-order valence-corrected chi connectivity index (χ2v) is 3.23. The van der Waals surface area contributed by atoms with Crippen LogP contribution >= 0.6 is 24.0 Å². The van der Waals surface area contributed by atoms with Crippen LogP contribution in [0, 0.1) is 11.6 Å². The minimum atomic E-state index is -0.681. The van der Waals surface area contributed by atoms with Crippen LogP contribution in [0.2, 0.25) is 5.02 Å². The number of rotatable bonds is 2. The van der Waals surface area contributed by atoms with E-state index in [1.807, 2.05) is 0 Å². The molecule has 0 bridgehead atoms. The first-order valence-corrected chi connectivity index (χ1v) is 4.34. The molecule has 1 aromatic rings. The molecule has 1 aromatic carbocycles. The Balaban J connectivity index is 0.00000169. The number of hydrogen-bond donors (Lipinski definition) is 1. The SMILES string of the molecule is CC[C@H](N)c1c(F)cc(Cl)cc1F.Cl. The highest BCUT2D eigenvalue weighted by Crippen LogP contribution is 2.24. The maximum atomic E-state index is 13.1. The van der Waals surface area contributed by atoms with Gasteiger partial charge in [0.2, 0.25) is 0 Å². The van der Waals surface area contributed by atoms with Gasteiger partial charge in [-0.25, -0.2) is 8.78 Å². The van der Waals surface area contributed by atoms with Crippen molar-refractivity contribution < 1.29 is 8.78 Å². The van der Waals surface area contributed by atoms with Crippen LogP contribution in [0.15, 0.2) is 12.1 Å². The fourth-order valence-electron chi connectivity index (χ4n) is 1.11. The summed E-state index contributed by atoms with van der Waals surface area (Å²) in [6.45, 7) is 1.76. The Morgan fingerprint density at radius 2 is 1.79 bits per heavy atom. The van der Waals surface area contributed by atoms with Crippen molar-refractivity contribution in [3.05, 3.63) is 34.4 Å². The lowest BCUT2D eigenvalue weighted by Crippen LogP contribution is -2.13. The smallest absolute Gasteiger partial charge is 0.132 e. The molecule has 1 atom stereocenters. The number of hydrogen-bond acceptors (Lipinski definition) is 1. The Morgan fingerprint density at radius 3 is 2.14 bits per heavy atom. The summed E-state index contributed by atoms with van der Waals surface area (Å²) in [5.41, 5.74) is 5.43. The van der Waals surface area contributed by atoms with Gasteiger partial charge in [-0.1, -0.05) is 18.5 Å². The second kappa shape index (κ2) is 5.49. The third-order valence-electron chi connectivity index (χ3n) is 1.85. The van der Waals surface area contributed by atoms with Crippen molar-refractivity contribution in [3.8, 4) is 0 Å². The van der Waals surface area contributed by atoms with Gasteiger partial charge < -0.3 is 5.73 Å². The third kappa shape index (κ3) is 2.80. The van der Waals surface area contributed by atoms with Crippen LogP contribution in [0.1, 0.15) is 24.9 Å². The maximum Gasteiger partial charge on any atom is 0.132 e. The molecule has 0 fully saturated rings. The summed E-state index contributed by atoms with van der Waals surface area (Å²) in [6.07, 6.45) is 0.482. The average molecular weight is 242 g/mol. The lowest BCUT2D eigenvalue weighted by atomic mass is 10.0. The highest BCUT2D eigenvalue weighted by atomic mass is 35.5. The van der Waals surface area contributed by atoms with Gasteiger partial charge in [-0.2, -0.15) is 0 Å². The van der Waals surface area contributed by atoms with Gasteiger partial charge in [0.05, 0.1) is 0 Å². The van der Waals surface area contributed by atoms with E-state index in [9.17, 15) is 8.78 Å². The minimum absolute atomic E-state index is 0. The zero-order valence-electron chi connectivity index (χ0n) is 7.56. The molecule has 0 saturated heterocycles. The molecule has 0 aromatic heterocycles. The van der Waals surface area contributed by atoms with E-state index >= 15 is 0 Å². The molecule has 2 N–H and O–H groups in total. The van der Waals surface area contributed by atoms with E-state index in [1.165, 1.54) is 0 Å². The van der Waals surface area contributed by atoms with E-state index in [0.29, 0.717) is 6.42 Å². The summed E-state index contributed by atoms with van der Waals surface area (Å²) in [5.74, 6) is -1.36. The van der Waals surface area contributed by atoms with Gasteiger partial charge in [-0.15, -0.1) is 12.4 Å². The molecule has 0 aliphatic carbocycles. The molecule has 14 heavy (non-hydrogen) atoms. The monoisotopic (exact) mass is 241 g/mol. The van der Waals surface area contributed by atoms with E-state index in [-0.39, 0.29) is 23.0 Å². The standard InChI is InChI=1S/C9H10ClF2N.ClH/c1-2-8(13)9-6(11)3-5(10)4-7(9)12;/h3-4,8H,2,13H2,1H3;1H/t8-;/m0./s1. The molecule has 0 heterocycles. The highest BCUT2D eigenvalue weighted by molar-refractivity contribution is 6.30. The summed E-state index contributed by atoms with van der Waals surface area (Å²) in [5, 5.41) is 0.0436. The lowest BCUT2D eigenvalue weighted by molar-refractivity contribution is 0.520. The van der Waals surface area contributed by atoms with Crippen LogP contribution in [0.5, 0.6) is 0 Å². The van der Waals surface area contributed by atoms with Crippen molar-refractivity contribution in [1.82, 2.24) is 0 Å². The molecule has 0 spiro atoms. The zero-order valence-corrected chi connectivity index (χ0v) is 9.13. The van der Waals surface area contributed by atoms with Gasteiger partial charge in [0, 0.05) is 16.6 Å². The van der Waals surface area contributed by atoms with Crippen molar-refractivity contribution in [2.24, 2.45) is 5.73 Å². The van der Waals surface area contributed by atoms with Crippen molar-refractivity contribution in [2.45, 2.75) is 19.4 Å². The number of nitrogens with two attached hydrogens (primary N) is 1. The van der Waals surface area contributed by atoms with Crippen LogP contribution < -0.4 is 5.73 Å². The maximum absolute atomic E-state index is 13.1. The van der Waals surface area contributed by atoms with Crippen LogP contribution in [-0.2, 0) is 0 Å². The molecule has 0 aliphatic heterocycles. The van der Waals surface area contributed by atoms with Crippen molar-refractivity contribution in [3.63, 3.8) is 0 Å². The van der Waals surface area contributed by atoms with E-state index in [2.05, 4.69) is 0 Å². The summed E-state index contributed by atoms with van der Waals surface area (Å²) < 4.78 is 26.3. The van der Waals surface area contributed by atoms with Gasteiger partial charge in [0.15, 0.2) is 0 Å². The molecule has 0 aliphatic rings. The van der Waals surface area contributed by atoms with Crippen molar-refractivity contribution in [2.75, 3.05) is 0 Å². The Bertz CT molecular complexity index is 295. The number of benzene rings is 1. The predicted molar refractivity (Wildman–Crippen MR) is 55.8 cm³/mol. The summed E-state index contributed by atoms with van der Waals surface area (Å²) in [6, 6.07) is 1.52. The van der Waals surface area contributed by atoms with E-state index < -0.39 is 17.7 Å². The first-order valence-electron chi connectivity index (χ1n) is 3.96.